The van der Waals surface area contributed by atoms with Gasteiger partial charge in [0.15, 0.2) is 0 Å². The van der Waals surface area contributed by atoms with Crippen LogP contribution >= 0.6 is 0 Å². The molecule has 0 aromatic carbocycles. The van der Waals surface area contributed by atoms with Crippen LogP contribution in [0, 0.1) is 5.41 Å². The lowest BCUT2D eigenvalue weighted by molar-refractivity contribution is -0.147. The van der Waals surface area contributed by atoms with Gasteiger partial charge in [-0.05, 0) is 19.4 Å². The molecular weight excluding hydrogens is 302 g/mol. The number of nitrogens with zero attached hydrogens (tertiary/aromatic N) is 3. The molecule has 1 unspecified atom stereocenters. The Hall–Kier alpha value is -2.64. The smallest absolute Gasteiger partial charge is 0.311 e. The lowest BCUT2D eigenvalue weighted by Gasteiger charge is -2.19. The maximum absolute atomic E-state index is 12.2. The Morgan fingerprint density at radius 2 is 2.30 bits per heavy atom. The van der Waals surface area contributed by atoms with Crippen molar-refractivity contribution in [3.8, 4) is 11.4 Å². The van der Waals surface area contributed by atoms with E-state index in [9.17, 15) is 14.7 Å². The lowest BCUT2D eigenvalue weighted by atomic mass is 9.90. The molecule has 8 heteroatoms. The highest BCUT2D eigenvalue weighted by atomic mass is 16.5. The molecule has 2 aromatic heterocycles. The number of carboxylic acid groups (broad SMARTS) is 1. The van der Waals surface area contributed by atoms with E-state index in [-0.39, 0.29) is 18.9 Å². The van der Waals surface area contributed by atoms with Gasteiger partial charge in [0.25, 0.3) is 0 Å². The fraction of sp³-hybridized carbons (Fsp3) is 0.467. The van der Waals surface area contributed by atoms with Crippen LogP contribution in [0.5, 0.6) is 0 Å². The first-order chi connectivity index (χ1) is 11.0. The van der Waals surface area contributed by atoms with Crippen molar-refractivity contribution in [1.29, 1.82) is 0 Å². The molecule has 23 heavy (non-hydrogen) atoms. The number of aliphatic carboxylic acids is 1. The zero-order chi connectivity index (χ0) is 16.4. The summed E-state index contributed by atoms with van der Waals surface area (Å²) in [5, 5.41) is 13.0. The fourth-order valence-corrected chi connectivity index (χ4v) is 2.59. The molecule has 3 rings (SSSR count). The molecule has 1 aliphatic heterocycles. The van der Waals surface area contributed by atoms with E-state index < -0.39 is 11.4 Å². The van der Waals surface area contributed by atoms with Crippen molar-refractivity contribution in [3.63, 3.8) is 0 Å². The summed E-state index contributed by atoms with van der Waals surface area (Å²) in [7, 11) is 0. The van der Waals surface area contributed by atoms with Crippen molar-refractivity contribution in [2.75, 3.05) is 13.1 Å². The van der Waals surface area contributed by atoms with Crippen molar-refractivity contribution in [1.82, 2.24) is 15.0 Å². The van der Waals surface area contributed by atoms with E-state index in [2.05, 4.69) is 10.1 Å². The van der Waals surface area contributed by atoms with Gasteiger partial charge in [0.05, 0.1) is 17.2 Å². The summed E-state index contributed by atoms with van der Waals surface area (Å²) in [4.78, 5) is 29.2. The molecule has 8 nitrogen and oxygen atoms in total. The van der Waals surface area contributed by atoms with Gasteiger partial charge in [0.2, 0.25) is 17.6 Å². The van der Waals surface area contributed by atoms with Gasteiger partial charge in [0, 0.05) is 25.9 Å². The zero-order valence-electron chi connectivity index (χ0n) is 12.7. The van der Waals surface area contributed by atoms with Gasteiger partial charge in [0.1, 0.15) is 6.26 Å². The van der Waals surface area contributed by atoms with Gasteiger partial charge >= 0.3 is 5.97 Å². The summed E-state index contributed by atoms with van der Waals surface area (Å²) in [6, 6.07) is 1.72. The number of carbonyl (C=O) groups is 2. The standard InChI is InChI=1S/C15H17N3O5/c1-15(14(20)21)5-6-18(9-15)12(19)3-2-11-16-13(17-23-11)10-4-7-22-8-10/h4,7-8H,2-3,5-6,9H2,1H3,(H,20,21). The Balaban J connectivity index is 1.55. The molecule has 1 atom stereocenters. The van der Waals surface area contributed by atoms with Crippen LogP contribution in [0.3, 0.4) is 0 Å². The molecule has 1 saturated heterocycles. The minimum Gasteiger partial charge on any atom is -0.481 e. The average molecular weight is 319 g/mol. The molecular formula is C15H17N3O5. The van der Waals surface area contributed by atoms with Crippen LogP contribution in [0.15, 0.2) is 27.5 Å². The number of aryl methyl sites for hydroxylation is 1. The van der Waals surface area contributed by atoms with Crippen molar-refractivity contribution >= 4 is 11.9 Å². The number of rotatable bonds is 5. The number of aromatic nitrogens is 2. The first kappa shape index (κ1) is 15.3. The summed E-state index contributed by atoms with van der Waals surface area (Å²) in [5.41, 5.74) is -0.141. The highest BCUT2D eigenvalue weighted by molar-refractivity contribution is 5.80. The number of hydrogen-bond acceptors (Lipinski definition) is 6. The van der Waals surface area contributed by atoms with E-state index >= 15 is 0 Å². The highest BCUT2D eigenvalue weighted by Gasteiger charge is 2.41. The van der Waals surface area contributed by atoms with E-state index in [0.29, 0.717) is 36.7 Å². The van der Waals surface area contributed by atoms with Crippen LogP contribution in [0.25, 0.3) is 11.4 Å². The number of carboxylic acids is 1. The Morgan fingerprint density at radius 3 is 2.96 bits per heavy atom. The summed E-state index contributed by atoms with van der Waals surface area (Å²) < 4.78 is 10.1. The molecule has 1 N–H and O–H groups in total. The molecule has 0 saturated carbocycles. The molecule has 122 valence electrons. The van der Waals surface area contributed by atoms with Crippen molar-refractivity contribution < 1.29 is 23.6 Å². The van der Waals surface area contributed by atoms with Gasteiger partial charge in [-0.3, -0.25) is 9.59 Å². The maximum atomic E-state index is 12.2. The van der Waals surface area contributed by atoms with Gasteiger partial charge in [-0.15, -0.1) is 0 Å². The van der Waals surface area contributed by atoms with Crippen molar-refractivity contribution in [2.45, 2.75) is 26.2 Å². The topological polar surface area (TPSA) is 110 Å². The van der Waals surface area contributed by atoms with Gasteiger partial charge in [-0.2, -0.15) is 4.98 Å². The first-order valence-corrected chi connectivity index (χ1v) is 7.34. The molecule has 0 spiro atoms. The minimum atomic E-state index is -0.866. The van der Waals surface area contributed by atoms with Crippen LogP contribution in [-0.2, 0) is 16.0 Å². The van der Waals surface area contributed by atoms with Crippen molar-refractivity contribution in [3.05, 3.63) is 24.5 Å². The minimum absolute atomic E-state index is 0.0990. The molecule has 1 aliphatic rings. The fourth-order valence-electron chi connectivity index (χ4n) is 2.59. The normalized spacial score (nSPS) is 20.8. The number of likely N-dealkylation sites (tertiary alicyclic amines) is 1. The van der Waals surface area contributed by atoms with E-state index in [4.69, 9.17) is 8.94 Å². The molecule has 0 bridgehead atoms. The Labute approximate surface area is 132 Å². The molecule has 2 aromatic rings. The SMILES string of the molecule is CC1(C(=O)O)CCN(C(=O)CCc2nc(-c3ccoc3)no2)C1. The molecule has 0 radical (unpaired) electrons. The summed E-state index contributed by atoms with van der Waals surface area (Å²) in [6.45, 7) is 2.37. The van der Waals surface area contributed by atoms with Gasteiger partial charge in [-0.1, -0.05) is 5.16 Å². The van der Waals surface area contributed by atoms with Crippen molar-refractivity contribution in [2.24, 2.45) is 5.41 Å². The largest absolute Gasteiger partial charge is 0.481 e. The van der Waals surface area contributed by atoms with E-state index in [1.54, 1.807) is 17.9 Å². The van der Waals surface area contributed by atoms with E-state index in [1.165, 1.54) is 12.5 Å². The van der Waals surface area contributed by atoms with Crippen LogP contribution in [0.4, 0.5) is 0 Å². The number of furan rings is 1. The summed E-state index contributed by atoms with van der Waals surface area (Å²) in [6.07, 6.45) is 4.03. The predicted octanol–water partition coefficient (Wildman–Crippen LogP) is 1.59. The quantitative estimate of drug-likeness (QED) is 0.891. The molecule has 1 amide bonds. The molecule has 0 aliphatic carbocycles. The second kappa shape index (κ2) is 5.86. The second-order valence-electron chi connectivity index (χ2n) is 5.95. The van der Waals surface area contributed by atoms with Gasteiger partial charge in [-0.25, -0.2) is 0 Å². The van der Waals surface area contributed by atoms with E-state index in [0.717, 1.165) is 0 Å². The highest BCUT2D eigenvalue weighted by Crippen LogP contribution is 2.30. The third-order valence-corrected chi connectivity index (χ3v) is 4.14. The lowest BCUT2D eigenvalue weighted by Crippen LogP contribution is -2.34. The Kier molecular flexibility index (Phi) is 3.89. The van der Waals surface area contributed by atoms with E-state index in [1.807, 2.05) is 0 Å². The average Bonchev–Trinajstić information content (AvgIpc) is 3.25. The first-order valence-electron chi connectivity index (χ1n) is 7.34. The maximum Gasteiger partial charge on any atom is 0.311 e. The Morgan fingerprint density at radius 1 is 1.48 bits per heavy atom. The molecule has 1 fully saturated rings. The van der Waals surface area contributed by atoms with Crippen LogP contribution in [0.1, 0.15) is 25.7 Å². The van der Waals surface area contributed by atoms with Gasteiger partial charge < -0.3 is 18.9 Å². The third kappa shape index (κ3) is 3.10. The Bertz CT molecular complexity index is 709. The second-order valence-corrected chi connectivity index (χ2v) is 5.95. The van der Waals surface area contributed by atoms with Crippen LogP contribution in [-0.4, -0.2) is 45.1 Å². The van der Waals surface area contributed by atoms with Crippen LogP contribution < -0.4 is 0 Å². The van der Waals surface area contributed by atoms with Crippen LogP contribution in [0.2, 0.25) is 0 Å². The number of amides is 1. The predicted molar refractivity (Wildman–Crippen MR) is 77.3 cm³/mol. The monoisotopic (exact) mass is 319 g/mol. The summed E-state index contributed by atoms with van der Waals surface area (Å²) in [5.74, 6) is -0.178. The third-order valence-electron chi connectivity index (χ3n) is 4.14. The number of carbonyl (C=O) groups excluding carboxylic acids is 1. The molecule has 3 heterocycles. The zero-order valence-corrected chi connectivity index (χ0v) is 12.7. The summed E-state index contributed by atoms with van der Waals surface area (Å²) >= 11 is 0. The number of hydrogen-bond donors (Lipinski definition) is 1.